The van der Waals surface area contributed by atoms with Crippen LogP contribution in [0.15, 0.2) is 36.7 Å². The third-order valence-corrected chi connectivity index (χ3v) is 4.80. The van der Waals surface area contributed by atoms with Crippen molar-refractivity contribution in [1.29, 1.82) is 0 Å². The second-order valence-electron chi connectivity index (χ2n) is 6.30. The maximum Gasteiger partial charge on any atom is 0.225 e. The Balaban J connectivity index is 1.59. The lowest BCUT2D eigenvalue weighted by Gasteiger charge is -2.34. The summed E-state index contributed by atoms with van der Waals surface area (Å²) in [6.45, 7) is 10.6. The molecule has 0 radical (unpaired) electrons. The van der Waals surface area contributed by atoms with Gasteiger partial charge in [-0.05, 0) is 26.0 Å². The van der Waals surface area contributed by atoms with Gasteiger partial charge >= 0.3 is 0 Å². The van der Waals surface area contributed by atoms with Crippen molar-refractivity contribution in [3.8, 4) is 5.75 Å². The highest BCUT2D eigenvalue weighted by Gasteiger charge is 2.19. The number of benzene rings is 1. The van der Waals surface area contributed by atoms with Gasteiger partial charge in [0.1, 0.15) is 5.75 Å². The summed E-state index contributed by atoms with van der Waals surface area (Å²) >= 11 is 0. The van der Waals surface area contributed by atoms with Gasteiger partial charge < -0.3 is 14.9 Å². The van der Waals surface area contributed by atoms with Gasteiger partial charge in [-0.15, -0.1) is 0 Å². The van der Waals surface area contributed by atoms with Crippen molar-refractivity contribution in [3.05, 3.63) is 42.2 Å². The van der Waals surface area contributed by atoms with Crippen molar-refractivity contribution < 1.29 is 5.11 Å². The van der Waals surface area contributed by atoms with Crippen molar-refractivity contribution in [2.45, 2.75) is 20.4 Å². The quantitative estimate of drug-likeness (QED) is 0.870. The lowest BCUT2D eigenvalue weighted by molar-refractivity contribution is 0.245. The number of hydrogen-bond acceptors (Lipinski definition) is 6. The molecule has 0 saturated carbocycles. The lowest BCUT2D eigenvalue weighted by atomic mass is 10.1. The first kappa shape index (κ1) is 17.5. The molecule has 1 aromatic heterocycles. The molecule has 1 aliphatic rings. The van der Waals surface area contributed by atoms with E-state index in [0.717, 1.165) is 63.0 Å². The number of rotatable bonds is 6. The molecule has 3 rings (SSSR count). The van der Waals surface area contributed by atoms with Gasteiger partial charge in [0.2, 0.25) is 5.95 Å². The Labute approximate surface area is 149 Å². The minimum atomic E-state index is 0.387. The summed E-state index contributed by atoms with van der Waals surface area (Å²) in [5, 5.41) is 10.4. The van der Waals surface area contributed by atoms with E-state index in [1.807, 2.05) is 12.1 Å². The molecule has 0 bridgehead atoms. The molecule has 6 nitrogen and oxygen atoms in total. The molecule has 1 N–H and O–H groups in total. The van der Waals surface area contributed by atoms with Crippen molar-refractivity contribution in [1.82, 2.24) is 14.9 Å². The van der Waals surface area contributed by atoms with Crippen LogP contribution in [-0.4, -0.2) is 59.2 Å². The SMILES string of the molecule is CCN(CC)c1ccc(CN2CCN(c3ncccn3)CC2)c(O)c1. The summed E-state index contributed by atoms with van der Waals surface area (Å²) in [7, 11) is 0. The first-order chi connectivity index (χ1) is 12.2. The standard InChI is InChI=1S/C19H27N5O/c1-3-23(4-2)17-7-6-16(18(25)14-17)15-22-10-12-24(13-11-22)19-20-8-5-9-21-19/h5-9,14,25H,3-4,10-13,15H2,1-2H3. The Kier molecular flexibility index (Phi) is 5.71. The fraction of sp³-hybridized carbons (Fsp3) is 0.474. The largest absolute Gasteiger partial charge is 0.508 e. The minimum Gasteiger partial charge on any atom is -0.508 e. The van der Waals surface area contributed by atoms with Crippen LogP contribution in [0.25, 0.3) is 0 Å². The summed E-state index contributed by atoms with van der Waals surface area (Å²) in [5.74, 6) is 1.19. The Morgan fingerprint density at radius 2 is 1.72 bits per heavy atom. The van der Waals surface area contributed by atoms with Crippen LogP contribution in [0.2, 0.25) is 0 Å². The van der Waals surface area contributed by atoms with E-state index in [-0.39, 0.29) is 0 Å². The zero-order chi connectivity index (χ0) is 17.6. The Bertz CT molecular complexity index is 667. The van der Waals surface area contributed by atoms with Gasteiger partial charge in [-0.3, -0.25) is 4.90 Å². The molecule has 2 aromatic rings. The van der Waals surface area contributed by atoms with Crippen molar-refractivity contribution >= 4 is 11.6 Å². The van der Waals surface area contributed by atoms with Crippen LogP contribution in [-0.2, 0) is 6.54 Å². The molecule has 1 aromatic carbocycles. The average Bonchev–Trinajstić information content (AvgIpc) is 2.66. The van der Waals surface area contributed by atoms with Crippen LogP contribution in [0.3, 0.4) is 0 Å². The van der Waals surface area contributed by atoms with Gasteiger partial charge in [-0.1, -0.05) is 6.07 Å². The van der Waals surface area contributed by atoms with E-state index in [2.05, 4.69) is 50.6 Å². The van der Waals surface area contributed by atoms with Gasteiger partial charge in [0, 0.05) is 75.5 Å². The summed E-state index contributed by atoms with van der Waals surface area (Å²) in [6, 6.07) is 7.88. The van der Waals surface area contributed by atoms with Crippen LogP contribution in [0.1, 0.15) is 19.4 Å². The molecular weight excluding hydrogens is 314 g/mol. The number of aromatic nitrogens is 2. The third-order valence-electron chi connectivity index (χ3n) is 4.80. The second-order valence-corrected chi connectivity index (χ2v) is 6.30. The number of aromatic hydroxyl groups is 1. The van der Waals surface area contributed by atoms with E-state index < -0.39 is 0 Å². The highest BCUT2D eigenvalue weighted by Crippen LogP contribution is 2.26. The van der Waals surface area contributed by atoms with E-state index in [0.29, 0.717) is 5.75 Å². The molecule has 25 heavy (non-hydrogen) atoms. The van der Waals surface area contributed by atoms with Gasteiger partial charge in [-0.2, -0.15) is 0 Å². The third kappa shape index (κ3) is 4.20. The molecule has 6 heteroatoms. The first-order valence-electron chi connectivity index (χ1n) is 9.02. The van der Waals surface area contributed by atoms with E-state index in [1.165, 1.54) is 0 Å². The normalized spacial score (nSPS) is 15.4. The van der Waals surface area contributed by atoms with E-state index in [9.17, 15) is 5.11 Å². The molecular formula is C19H27N5O. The fourth-order valence-corrected chi connectivity index (χ4v) is 3.27. The molecule has 1 saturated heterocycles. The maximum absolute atomic E-state index is 10.4. The van der Waals surface area contributed by atoms with Crippen LogP contribution >= 0.6 is 0 Å². The number of phenolic OH excluding ortho intramolecular Hbond substituents is 1. The van der Waals surface area contributed by atoms with Crippen molar-refractivity contribution in [2.24, 2.45) is 0 Å². The fourth-order valence-electron chi connectivity index (χ4n) is 3.27. The van der Waals surface area contributed by atoms with Crippen molar-refractivity contribution in [3.63, 3.8) is 0 Å². The molecule has 0 amide bonds. The summed E-state index contributed by atoms with van der Waals surface area (Å²) in [4.78, 5) is 15.5. The first-order valence-corrected chi connectivity index (χ1v) is 9.02. The molecule has 1 fully saturated rings. The molecule has 0 atom stereocenters. The Morgan fingerprint density at radius 3 is 2.32 bits per heavy atom. The van der Waals surface area contributed by atoms with Crippen LogP contribution in [0, 0.1) is 0 Å². The molecule has 0 unspecified atom stereocenters. The topological polar surface area (TPSA) is 55.7 Å². The highest BCUT2D eigenvalue weighted by molar-refractivity contribution is 5.53. The van der Waals surface area contributed by atoms with Gasteiger partial charge in [0.25, 0.3) is 0 Å². The Morgan fingerprint density at radius 1 is 1.04 bits per heavy atom. The number of piperazine rings is 1. The van der Waals surface area contributed by atoms with Crippen LogP contribution in [0.5, 0.6) is 5.75 Å². The minimum absolute atomic E-state index is 0.387. The van der Waals surface area contributed by atoms with Crippen molar-refractivity contribution in [2.75, 3.05) is 49.1 Å². The number of hydrogen-bond donors (Lipinski definition) is 1. The predicted octanol–water partition coefficient (Wildman–Crippen LogP) is 2.35. The van der Waals surface area contributed by atoms with Gasteiger partial charge in [0.05, 0.1) is 0 Å². The smallest absolute Gasteiger partial charge is 0.225 e. The zero-order valence-corrected chi connectivity index (χ0v) is 15.1. The number of phenols is 1. The molecule has 0 spiro atoms. The zero-order valence-electron chi connectivity index (χ0n) is 15.1. The predicted molar refractivity (Wildman–Crippen MR) is 101 cm³/mol. The monoisotopic (exact) mass is 341 g/mol. The second kappa shape index (κ2) is 8.16. The summed E-state index contributed by atoms with van der Waals surface area (Å²) in [6.07, 6.45) is 3.56. The molecule has 0 aliphatic carbocycles. The molecule has 1 aliphatic heterocycles. The van der Waals surface area contributed by atoms with Crippen LogP contribution < -0.4 is 9.80 Å². The van der Waals surface area contributed by atoms with E-state index in [1.54, 1.807) is 12.4 Å². The van der Waals surface area contributed by atoms with E-state index >= 15 is 0 Å². The van der Waals surface area contributed by atoms with Gasteiger partial charge in [0.15, 0.2) is 0 Å². The summed E-state index contributed by atoms with van der Waals surface area (Å²) < 4.78 is 0. The summed E-state index contributed by atoms with van der Waals surface area (Å²) in [5.41, 5.74) is 2.07. The number of anilines is 2. The average molecular weight is 341 g/mol. The van der Waals surface area contributed by atoms with Crippen LogP contribution in [0.4, 0.5) is 11.6 Å². The molecule has 2 heterocycles. The van der Waals surface area contributed by atoms with E-state index in [4.69, 9.17) is 0 Å². The van der Waals surface area contributed by atoms with Gasteiger partial charge in [-0.25, -0.2) is 9.97 Å². The lowest BCUT2D eigenvalue weighted by Crippen LogP contribution is -2.46. The number of nitrogens with zero attached hydrogens (tertiary/aromatic N) is 5. The Hall–Kier alpha value is -2.34. The maximum atomic E-state index is 10.4. The molecule has 134 valence electrons. The highest BCUT2D eigenvalue weighted by atomic mass is 16.3.